The van der Waals surface area contributed by atoms with Crippen LogP contribution < -0.4 is 10.6 Å². The summed E-state index contributed by atoms with van der Waals surface area (Å²) in [5, 5.41) is 7.87. The van der Waals surface area contributed by atoms with Crippen molar-refractivity contribution in [1.29, 1.82) is 0 Å². The Bertz CT molecular complexity index is 750. The highest BCUT2D eigenvalue weighted by Gasteiger charge is 2.19. The molecule has 2 N–H and O–H groups in total. The fourth-order valence-corrected chi connectivity index (χ4v) is 4.20. The average molecular weight is 514 g/mol. The van der Waals surface area contributed by atoms with Crippen LogP contribution in [0.5, 0.6) is 0 Å². The van der Waals surface area contributed by atoms with Gasteiger partial charge in [-0.15, -0.1) is 35.3 Å². The number of aliphatic imine (C=N–C) groups is 1. The van der Waals surface area contributed by atoms with E-state index in [9.17, 15) is 0 Å². The molecule has 2 aromatic rings. The minimum atomic E-state index is 0. The lowest BCUT2D eigenvalue weighted by molar-refractivity contribution is 0.0398. The van der Waals surface area contributed by atoms with Gasteiger partial charge >= 0.3 is 0 Å². The van der Waals surface area contributed by atoms with E-state index < -0.39 is 0 Å². The third kappa shape index (κ3) is 7.00. The van der Waals surface area contributed by atoms with Gasteiger partial charge in [-0.3, -0.25) is 4.99 Å². The number of halogens is 1. The van der Waals surface area contributed by atoms with Crippen LogP contribution >= 0.6 is 35.3 Å². The molecule has 1 aliphatic carbocycles. The molecule has 154 valence electrons. The van der Waals surface area contributed by atoms with E-state index in [1.165, 1.54) is 28.8 Å². The van der Waals surface area contributed by atoms with Crippen LogP contribution in [0.2, 0.25) is 0 Å². The number of ether oxygens (including phenoxy) is 1. The van der Waals surface area contributed by atoms with Crippen molar-refractivity contribution in [3.05, 3.63) is 51.5 Å². The first kappa shape index (κ1) is 23.1. The molecule has 3 rings (SSSR count). The third-order valence-corrected chi connectivity index (χ3v) is 5.74. The maximum absolute atomic E-state index is 6.16. The van der Waals surface area contributed by atoms with Crippen molar-refractivity contribution in [3.63, 3.8) is 0 Å². The molecule has 28 heavy (non-hydrogen) atoms. The summed E-state index contributed by atoms with van der Waals surface area (Å²) in [6.07, 6.45) is 7.60. The zero-order chi connectivity index (χ0) is 18.9. The second-order valence-corrected chi connectivity index (χ2v) is 8.16. The smallest absolute Gasteiger partial charge is 0.190 e. The Hall–Kier alpha value is -1.19. The largest absolute Gasteiger partial charge is 0.373 e. The molecule has 0 amide bonds. The molecule has 1 heterocycles. The van der Waals surface area contributed by atoms with Crippen molar-refractivity contribution in [2.45, 2.75) is 45.1 Å². The number of guanidine groups is 1. The minimum absolute atomic E-state index is 0. The average Bonchev–Trinajstić information content (AvgIpc) is 3.11. The molecule has 1 aromatic heterocycles. The fraction of sp³-hybridized carbons (Fsp3) is 0.524. The number of thiazole rings is 1. The zero-order valence-corrected chi connectivity index (χ0v) is 19.9. The Morgan fingerprint density at radius 1 is 1.29 bits per heavy atom. The number of nitrogens with one attached hydrogen (secondary N) is 2. The van der Waals surface area contributed by atoms with Crippen LogP contribution in [0.4, 0.5) is 0 Å². The van der Waals surface area contributed by atoms with Crippen molar-refractivity contribution < 1.29 is 4.74 Å². The summed E-state index contributed by atoms with van der Waals surface area (Å²) < 4.78 is 6.16. The van der Waals surface area contributed by atoms with Gasteiger partial charge in [0.25, 0.3) is 0 Å². The van der Waals surface area contributed by atoms with Gasteiger partial charge in [0.1, 0.15) is 0 Å². The summed E-state index contributed by atoms with van der Waals surface area (Å²) in [7, 11) is 1.80. The number of hydrogen-bond donors (Lipinski definition) is 2. The first-order valence-corrected chi connectivity index (χ1v) is 10.6. The highest BCUT2D eigenvalue weighted by atomic mass is 127. The van der Waals surface area contributed by atoms with Crippen LogP contribution in [-0.2, 0) is 17.6 Å². The number of fused-ring (bicyclic) bond motifs is 1. The summed E-state index contributed by atoms with van der Waals surface area (Å²) in [5.41, 5.74) is 2.83. The molecule has 0 radical (unpaired) electrons. The normalized spacial score (nSPS) is 16.2. The van der Waals surface area contributed by atoms with Crippen molar-refractivity contribution in [2.75, 3.05) is 26.7 Å². The summed E-state index contributed by atoms with van der Waals surface area (Å²) in [6.45, 7) is 4.54. The van der Waals surface area contributed by atoms with Gasteiger partial charge < -0.3 is 15.4 Å². The van der Waals surface area contributed by atoms with E-state index in [1.54, 1.807) is 18.4 Å². The molecule has 5 nitrogen and oxygen atoms in total. The predicted octanol–water partition coefficient (Wildman–Crippen LogP) is 4.26. The molecule has 1 aromatic carbocycles. The maximum atomic E-state index is 6.16. The van der Waals surface area contributed by atoms with Gasteiger partial charge in [0, 0.05) is 44.2 Å². The number of aryl methyl sites for hydroxylation is 2. The van der Waals surface area contributed by atoms with Gasteiger partial charge in [0.15, 0.2) is 5.96 Å². The van der Waals surface area contributed by atoms with E-state index in [-0.39, 0.29) is 30.1 Å². The van der Waals surface area contributed by atoms with Crippen LogP contribution in [0.15, 0.2) is 35.5 Å². The van der Waals surface area contributed by atoms with E-state index >= 15 is 0 Å². The maximum Gasteiger partial charge on any atom is 0.190 e. The van der Waals surface area contributed by atoms with Gasteiger partial charge in [-0.05, 0) is 43.7 Å². The number of aromatic nitrogens is 1. The highest BCUT2D eigenvalue weighted by Crippen LogP contribution is 2.32. The number of benzene rings is 1. The standard InChI is InChI=1S/C21H30N4OS.HI/c1-16-15-25-20(27-16)11-13-24-21(22-2)23-12-6-14-26-19-10-5-8-17-7-3-4-9-18(17)19;/h3-4,7,9,15,19H,5-6,8,10-14H2,1-2H3,(H2,22,23,24);1H. The van der Waals surface area contributed by atoms with Crippen LogP contribution in [-0.4, -0.2) is 37.7 Å². The summed E-state index contributed by atoms with van der Waals surface area (Å²) in [4.78, 5) is 9.92. The fourth-order valence-electron chi connectivity index (χ4n) is 3.41. The van der Waals surface area contributed by atoms with E-state index in [1.807, 2.05) is 6.20 Å². The molecule has 1 atom stereocenters. The molecule has 0 fully saturated rings. The molecule has 7 heteroatoms. The Kier molecular flexibility index (Phi) is 10.2. The van der Waals surface area contributed by atoms with Gasteiger partial charge in [0.05, 0.1) is 11.1 Å². The Morgan fingerprint density at radius 2 is 2.11 bits per heavy atom. The van der Waals surface area contributed by atoms with Gasteiger partial charge in [-0.1, -0.05) is 24.3 Å². The Morgan fingerprint density at radius 3 is 2.89 bits per heavy atom. The van der Waals surface area contributed by atoms with Gasteiger partial charge in [-0.2, -0.15) is 0 Å². The van der Waals surface area contributed by atoms with Crippen LogP contribution in [0.3, 0.4) is 0 Å². The summed E-state index contributed by atoms with van der Waals surface area (Å²) in [5.74, 6) is 0.839. The molecule has 1 aliphatic rings. The van der Waals surface area contributed by atoms with Crippen molar-refractivity contribution in [3.8, 4) is 0 Å². The summed E-state index contributed by atoms with van der Waals surface area (Å²) >= 11 is 1.75. The predicted molar refractivity (Wildman–Crippen MR) is 128 cm³/mol. The molecule has 0 saturated carbocycles. The molecular formula is C21H31IN4OS. The van der Waals surface area contributed by atoms with Crippen LogP contribution in [0.25, 0.3) is 0 Å². The SMILES string of the molecule is CN=C(NCCCOC1CCCc2ccccc21)NCCc1ncc(C)s1.I. The highest BCUT2D eigenvalue weighted by molar-refractivity contribution is 14.0. The summed E-state index contributed by atoms with van der Waals surface area (Å²) in [6, 6.07) is 8.69. The molecule has 0 saturated heterocycles. The van der Waals surface area contributed by atoms with E-state index in [2.05, 4.69) is 51.8 Å². The van der Waals surface area contributed by atoms with Crippen LogP contribution in [0, 0.1) is 6.92 Å². The quantitative estimate of drug-likeness (QED) is 0.239. The van der Waals surface area contributed by atoms with Gasteiger partial charge in [-0.25, -0.2) is 4.98 Å². The monoisotopic (exact) mass is 514 g/mol. The molecule has 1 unspecified atom stereocenters. The first-order chi connectivity index (χ1) is 13.3. The third-order valence-electron chi connectivity index (χ3n) is 4.77. The van der Waals surface area contributed by atoms with E-state index in [4.69, 9.17) is 4.74 Å². The second kappa shape index (κ2) is 12.4. The second-order valence-electron chi connectivity index (χ2n) is 6.84. The van der Waals surface area contributed by atoms with Crippen molar-refractivity contribution in [2.24, 2.45) is 4.99 Å². The zero-order valence-electron chi connectivity index (χ0n) is 16.7. The molecule has 0 bridgehead atoms. The molecule has 0 spiro atoms. The first-order valence-electron chi connectivity index (χ1n) is 9.81. The lowest BCUT2D eigenvalue weighted by Crippen LogP contribution is -2.39. The number of rotatable bonds is 8. The topological polar surface area (TPSA) is 58.5 Å². The van der Waals surface area contributed by atoms with Crippen molar-refractivity contribution in [1.82, 2.24) is 15.6 Å². The van der Waals surface area contributed by atoms with E-state index in [0.717, 1.165) is 49.9 Å². The van der Waals surface area contributed by atoms with Crippen molar-refractivity contribution >= 4 is 41.3 Å². The Labute approximate surface area is 189 Å². The minimum Gasteiger partial charge on any atom is -0.373 e. The lowest BCUT2D eigenvalue weighted by atomic mass is 9.89. The molecular weight excluding hydrogens is 483 g/mol. The Balaban J connectivity index is 0.00000280. The number of nitrogens with zero attached hydrogens (tertiary/aromatic N) is 2. The number of hydrogen-bond acceptors (Lipinski definition) is 4. The molecule has 0 aliphatic heterocycles. The van der Waals surface area contributed by atoms with Gasteiger partial charge in [0.2, 0.25) is 0 Å². The van der Waals surface area contributed by atoms with Crippen LogP contribution in [0.1, 0.15) is 46.4 Å². The lowest BCUT2D eigenvalue weighted by Gasteiger charge is -2.25. The van der Waals surface area contributed by atoms with E-state index in [0.29, 0.717) is 0 Å².